The first-order chi connectivity index (χ1) is 13.6. The zero-order valence-electron chi connectivity index (χ0n) is 17.6. The molecule has 1 unspecified atom stereocenters. The lowest BCUT2D eigenvalue weighted by Gasteiger charge is -2.21. The molecule has 0 heterocycles. The highest BCUT2D eigenvalue weighted by molar-refractivity contribution is 7.98. The molecule has 0 bridgehead atoms. The van der Waals surface area contributed by atoms with Crippen LogP contribution in [0.2, 0.25) is 5.02 Å². The second-order valence-corrected chi connectivity index (χ2v) is 8.86. The van der Waals surface area contributed by atoms with Crippen molar-refractivity contribution in [1.82, 2.24) is 10.6 Å². The number of ether oxygens (including phenoxy) is 2. The zero-order chi connectivity index (χ0) is 22.0. The largest absolute Gasteiger partial charge is 0.490 e. The summed E-state index contributed by atoms with van der Waals surface area (Å²) in [5, 5.41) is 15.6. The average molecular weight is 447 g/mol. The minimum Gasteiger partial charge on any atom is -0.490 e. The quantitative estimate of drug-likeness (QED) is 0.453. The molecule has 0 saturated heterocycles. The Morgan fingerprint density at radius 1 is 1.24 bits per heavy atom. The Bertz CT molecular complexity index is 694. The van der Waals surface area contributed by atoms with Gasteiger partial charge in [-0.1, -0.05) is 11.6 Å². The van der Waals surface area contributed by atoms with Crippen LogP contribution in [-0.2, 0) is 16.1 Å². The van der Waals surface area contributed by atoms with Crippen molar-refractivity contribution >= 4 is 35.2 Å². The first-order valence-electron chi connectivity index (χ1n) is 9.41. The molecule has 1 aromatic carbocycles. The van der Waals surface area contributed by atoms with Gasteiger partial charge in [-0.15, -0.1) is 0 Å². The fraction of sp³-hybridized carbons (Fsp3) is 0.600. The second-order valence-electron chi connectivity index (χ2n) is 7.46. The van der Waals surface area contributed by atoms with Crippen LogP contribution in [0.4, 0.5) is 0 Å². The van der Waals surface area contributed by atoms with Crippen LogP contribution in [0.5, 0.6) is 11.5 Å². The van der Waals surface area contributed by atoms with Gasteiger partial charge in [0.1, 0.15) is 6.04 Å². The third kappa shape index (κ3) is 9.60. The van der Waals surface area contributed by atoms with Gasteiger partial charge in [0.2, 0.25) is 0 Å². The predicted molar refractivity (Wildman–Crippen MR) is 117 cm³/mol. The van der Waals surface area contributed by atoms with E-state index in [0.29, 0.717) is 35.1 Å². The maximum absolute atomic E-state index is 12.0. The number of amides is 1. The highest BCUT2D eigenvalue weighted by atomic mass is 35.5. The van der Waals surface area contributed by atoms with E-state index in [0.717, 1.165) is 5.75 Å². The van der Waals surface area contributed by atoms with Gasteiger partial charge in [-0.05, 0) is 57.8 Å². The van der Waals surface area contributed by atoms with Crippen LogP contribution in [0, 0.1) is 0 Å². The Labute approximate surface area is 181 Å². The molecule has 1 amide bonds. The number of benzene rings is 1. The lowest BCUT2D eigenvalue weighted by molar-refractivity contribution is -0.139. The minimum absolute atomic E-state index is 0.166. The van der Waals surface area contributed by atoms with Crippen LogP contribution in [0.3, 0.4) is 0 Å². The molecule has 3 N–H and O–H groups in total. The summed E-state index contributed by atoms with van der Waals surface area (Å²) in [4.78, 5) is 23.4. The Morgan fingerprint density at radius 2 is 1.90 bits per heavy atom. The molecule has 0 aromatic heterocycles. The van der Waals surface area contributed by atoms with Gasteiger partial charge >= 0.3 is 5.97 Å². The van der Waals surface area contributed by atoms with E-state index in [2.05, 4.69) is 10.6 Å². The number of carboxylic acids is 1. The van der Waals surface area contributed by atoms with Crippen molar-refractivity contribution < 1.29 is 24.2 Å². The van der Waals surface area contributed by atoms with E-state index < -0.39 is 12.0 Å². The maximum atomic E-state index is 12.0. The highest BCUT2D eigenvalue weighted by Crippen LogP contribution is 2.33. The van der Waals surface area contributed by atoms with E-state index in [9.17, 15) is 14.7 Å². The number of carbonyl (C=O) groups is 2. The molecule has 7 nitrogen and oxygen atoms in total. The van der Waals surface area contributed by atoms with Gasteiger partial charge < -0.3 is 25.2 Å². The molecule has 164 valence electrons. The summed E-state index contributed by atoms with van der Waals surface area (Å²) >= 11 is 7.96. The summed E-state index contributed by atoms with van der Waals surface area (Å²) in [5.74, 6) is 0.408. The molecule has 1 aromatic rings. The van der Waals surface area contributed by atoms with Gasteiger partial charge in [0.15, 0.2) is 18.1 Å². The average Bonchev–Trinajstić information content (AvgIpc) is 2.61. The van der Waals surface area contributed by atoms with Crippen LogP contribution in [-0.4, -0.2) is 53.8 Å². The van der Waals surface area contributed by atoms with Crippen molar-refractivity contribution in [2.75, 3.05) is 25.2 Å². The molecule has 0 spiro atoms. The van der Waals surface area contributed by atoms with Gasteiger partial charge in [-0.2, -0.15) is 11.8 Å². The molecule has 9 heteroatoms. The number of rotatable bonds is 12. The second kappa shape index (κ2) is 12.1. The molecular formula is C20H31ClN2O5S. The molecule has 0 aliphatic rings. The normalized spacial score (nSPS) is 12.3. The number of hydrogen-bond acceptors (Lipinski definition) is 6. The minimum atomic E-state index is -0.898. The monoisotopic (exact) mass is 446 g/mol. The van der Waals surface area contributed by atoms with Crippen molar-refractivity contribution in [3.05, 3.63) is 22.7 Å². The van der Waals surface area contributed by atoms with Gasteiger partial charge in [0, 0.05) is 23.2 Å². The maximum Gasteiger partial charge on any atom is 0.320 e. The van der Waals surface area contributed by atoms with Crippen molar-refractivity contribution in [2.24, 2.45) is 0 Å². The van der Waals surface area contributed by atoms with Crippen molar-refractivity contribution in [3.8, 4) is 11.5 Å². The first-order valence-corrected chi connectivity index (χ1v) is 11.2. The predicted octanol–water partition coefficient (Wildman–Crippen LogP) is 3.33. The van der Waals surface area contributed by atoms with Crippen molar-refractivity contribution in [2.45, 2.75) is 52.2 Å². The summed E-state index contributed by atoms with van der Waals surface area (Å²) in [6.45, 7) is 8.02. The molecule has 0 aliphatic carbocycles. The van der Waals surface area contributed by atoms with Crippen LogP contribution >= 0.6 is 23.4 Å². The Kier molecular flexibility index (Phi) is 10.6. The van der Waals surface area contributed by atoms with E-state index in [1.54, 1.807) is 23.9 Å². The summed E-state index contributed by atoms with van der Waals surface area (Å²) in [6, 6.07) is 2.64. The molecule has 29 heavy (non-hydrogen) atoms. The van der Waals surface area contributed by atoms with Gasteiger partial charge in [-0.25, -0.2) is 0 Å². The van der Waals surface area contributed by atoms with Crippen molar-refractivity contribution in [3.63, 3.8) is 0 Å². The van der Waals surface area contributed by atoms with Crippen molar-refractivity contribution in [1.29, 1.82) is 0 Å². The third-order valence-corrected chi connectivity index (χ3v) is 4.73. The highest BCUT2D eigenvalue weighted by Gasteiger charge is 2.19. The Balaban J connectivity index is 2.88. The fourth-order valence-corrected chi connectivity index (χ4v) is 3.17. The van der Waals surface area contributed by atoms with Crippen LogP contribution in [0.1, 0.15) is 39.7 Å². The summed E-state index contributed by atoms with van der Waals surface area (Å²) in [6.07, 6.45) is 2.45. The lowest BCUT2D eigenvalue weighted by atomic mass is 10.1. The number of carboxylic acid groups (broad SMARTS) is 1. The van der Waals surface area contributed by atoms with Gasteiger partial charge in [-0.3, -0.25) is 9.59 Å². The molecule has 0 fully saturated rings. The van der Waals surface area contributed by atoms with E-state index >= 15 is 0 Å². The topological polar surface area (TPSA) is 96.9 Å². The smallest absolute Gasteiger partial charge is 0.320 e. The van der Waals surface area contributed by atoms with E-state index in [4.69, 9.17) is 21.1 Å². The standard InChI is InChI=1S/C20H31ClN2O5S/c1-6-27-16-9-13(11-22-15(19(25)26)7-8-29-5)14(21)10-17(16)28-12-18(24)23-20(2,3)4/h9-10,15,22H,6-8,11-12H2,1-5H3,(H,23,24)(H,25,26). The Hall–Kier alpha value is -1.64. The van der Waals surface area contributed by atoms with E-state index in [1.165, 1.54) is 0 Å². The Morgan fingerprint density at radius 3 is 2.45 bits per heavy atom. The SMILES string of the molecule is CCOc1cc(CNC(CCSC)C(=O)O)c(Cl)cc1OCC(=O)NC(C)(C)C. The van der Waals surface area contributed by atoms with Crippen LogP contribution in [0.15, 0.2) is 12.1 Å². The van der Waals surface area contributed by atoms with Crippen LogP contribution < -0.4 is 20.1 Å². The number of aliphatic carboxylic acids is 1. The lowest BCUT2D eigenvalue weighted by Crippen LogP contribution is -2.43. The summed E-state index contributed by atoms with van der Waals surface area (Å²) in [7, 11) is 0. The van der Waals surface area contributed by atoms with E-state index in [1.807, 2.05) is 34.0 Å². The molecular weight excluding hydrogens is 416 g/mol. The molecule has 1 rings (SSSR count). The van der Waals surface area contributed by atoms with Gasteiger partial charge in [0.25, 0.3) is 5.91 Å². The number of nitrogens with one attached hydrogen (secondary N) is 2. The fourth-order valence-electron chi connectivity index (χ4n) is 2.47. The zero-order valence-corrected chi connectivity index (χ0v) is 19.2. The first kappa shape index (κ1) is 25.4. The van der Waals surface area contributed by atoms with Crippen LogP contribution in [0.25, 0.3) is 0 Å². The molecule has 0 aliphatic heterocycles. The number of hydrogen-bond donors (Lipinski definition) is 3. The number of halogens is 1. The molecule has 0 radical (unpaired) electrons. The number of carbonyl (C=O) groups excluding carboxylic acids is 1. The number of thioether (sulfide) groups is 1. The molecule has 1 atom stereocenters. The van der Waals surface area contributed by atoms with Gasteiger partial charge in [0.05, 0.1) is 6.61 Å². The summed E-state index contributed by atoms with van der Waals surface area (Å²) < 4.78 is 11.2. The third-order valence-electron chi connectivity index (χ3n) is 3.73. The summed E-state index contributed by atoms with van der Waals surface area (Å²) in [5.41, 5.74) is 0.338. The molecule has 0 saturated carbocycles. The van der Waals surface area contributed by atoms with E-state index in [-0.39, 0.29) is 24.6 Å².